The van der Waals surface area contributed by atoms with Crippen LogP contribution >= 0.6 is 23.8 Å². The maximum Gasteiger partial charge on any atom is 0.201 e. The predicted octanol–water partition coefficient (Wildman–Crippen LogP) is 2.62. The first-order valence-electron chi connectivity index (χ1n) is 6.04. The fourth-order valence-electron chi connectivity index (χ4n) is 2.13. The molecule has 0 spiro atoms. The number of rotatable bonds is 2. The monoisotopic (exact) mass is 317 g/mol. The lowest BCUT2D eigenvalue weighted by molar-refractivity contribution is 0.945. The van der Waals surface area contributed by atoms with Crippen LogP contribution in [0.15, 0.2) is 36.8 Å². The van der Waals surface area contributed by atoms with Gasteiger partial charge in [0.1, 0.15) is 17.2 Å². The molecule has 0 unspecified atom stereocenters. The van der Waals surface area contributed by atoms with E-state index in [1.165, 1.54) is 0 Å². The molecule has 0 fully saturated rings. The van der Waals surface area contributed by atoms with Crippen LogP contribution in [0.5, 0.6) is 0 Å². The minimum absolute atomic E-state index is 0.462. The Labute approximate surface area is 128 Å². The number of aromatic nitrogens is 7. The van der Waals surface area contributed by atoms with Crippen molar-refractivity contribution < 1.29 is 0 Å². The Hall–Kier alpha value is -2.45. The van der Waals surface area contributed by atoms with Crippen molar-refractivity contribution in [2.24, 2.45) is 0 Å². The Morgan fingerprint density at radius 3 is 2.95 bits per heavy atom. The van der Waals surface area contributed by atoms with Crippen molar-refractivity contribution in [1.82, 2.24) is 34.3 Å². The van der Waals surface area contributed by atoms with Crippen molar-refractivity contribution in [2.75, 3.05) is 0 Å². The summed E-state index contributed by atoms with van der Waals surface area (Å²) in [4.78, 5) is 4.52. The average molecular weight is 318 g/mol. The number of halogens is 1. The van der Waals surface area contributed by atoms with E-state index in [2.05, 4.69) is 25.4 Å². The van der Waals surface area contributed by atoms with E-state index in [9.17, 15) is 0 Å². The Bertz CT molecular complexity index is 979. The number of fused-ring (bicyclic) bond motifs is 1. The summed E-state index contributed by atoms with van der Waals surface area (Å²) in [5.74, 6) is 1.32. The molecule has 7 nitrogen and oxygen atoms in total. The van der Waals surface area contributed by atoms with Crippen LogP contribution in [0.2, 0.25) is 5.02 Å². The molecule has 21 heavy (non-hydrogen) atoms. The van der Waals surface area contributed by atoms with Crippen LogP contribution in [0, 0.1) is 4.77 Å². The van der Waals surface area contributed by atoms with E-state index in [0.29, 0.717) is 21.3 Å². The minimum atomic E-state index is 0.462. The summed E-state index contributed by atoms with van der Waals surface area (Å²) < 4.78 is 4.08. The molecule has 4 aromatic heterocycles. The van der Waals surface area contributed by atoms with E-state index in [1.54, 1.807) is 22.9 Å². The number of imidazole rings is 1. The van der Waals surface area contributed by atoms with E-state index in [4.69, 9.17) is 23.8 Å². The van der Waals surface area contributed by atoms with Gasteiger partial charge in [-0.05, 0) is 18.3 Å². The highest BCUT2D eigenvalue weighted by molar-refractivity contribution is 7.71. The first-order valence-corrected chi connectivity index (χ1v) is 6.83. The van der Waals surface area contributed by atoms with Gasteiger partial charge in [-0.15, -0.1) is 0 Å². The summed E-state index contributed by atoms with van der Waals surface area (Å²) in [6.07, 6.45) is 5.36. The zero-order chi connectivity index (χ0) is 14.4. The second kappa shape index (κ2) is 4.54. The summed E-state index contributed by atoms with van der Waals surface area (Å²) in [6.45, 7) is 0. The lowest BCUT2D eigenvalue weighted by atomic mass is 10.4. The van der Waals surface area contributed by atoms with Crippen LogP contribution in [0.3, 0.4) is 0 Å². The van der Waals surface area contributed by atoms with Gasteiger partial charge < -0.3 is 4.40 Å². The van der Waals surface area contributed by atoms with E-state index in [-0.39, 0.29) is 0 Å². The molecule has 0 amide bonds. The normalized spacial score (nSPS) is 11.3. The highest BCUT2D eigenvalue weighted by Crippen LogP contribution is 2.21. The quantitative estimate of drug-likeness (QED) is 0.557. The zero-order valence-corrected chi connectivity index (χ0v) is 12.1. The second-order valence-electron chi connectivity index (χ2n) is 4.37. The predicted molar refractivity (Wildman–Crippen MR) is 80.1 cm³/mol. The maximum atomic E-state index is 5.98. The van der Waals surface area contributed by atoms with Gasteiger partial charge in [0.2, 0.25) is 4.77 Å². The van der Waals surface area contributed by atoms with Crippen LogP contribution in [-0.4, -0.2) is 34.3 Å². The molecule has 0 aliphatic heterocycles. The van der Waals surface area contributed by atoms with E-state index >= 15 is 0 Å². The van der Waals surface area contributed by atoms with Gasteiger partial charge in [0, 0.05) is 29.5 Å². The molecule has 0 aromatic carbocycles. The standard InChI is InChI=1S/C12H8ClN7S/c13-7-2-4-19-6-8(15-10(19)5-7)11-17-18-12(21)20(11)9-1-3-14-16-9/h1-6H,(H,14,16)(H,18,21). The lowest BCUT2D eigenvalue weighted by Gasteiger charge is -2.00. The summed E-state index contributed by atoms with van der Waals surface area (Å²) in [5.41, 5.74) is 1.42. The topological polar surface area (TPSA) is 79.6 Å². The first-order chi connectivity index (χ1) is 10.2. The summed E-state index contributed by atoms with van der Waals surface area (Å²) in [7, 11) is 0. The fraction of sp³-hybridized carbons (Fsp3) is 0. The third kappa shape index (κ3) is 1.96. The molecule has 0 saturated carbocycles. The number of hydrogen-bond donors (Lipinski definition) is 2. The van der Waals surface area contributed by atoms with E-state index in [1.807, 2.05) is 22.9 Å². The van der Waals surface area contributed by atoms with Gasteiger partial charge in [0.05, 0.1) is 6.20 Å². The van der Waals surface area contributed by atoms with Gasteiger partial charge in [-0.1, -0.05) is 11.6 Å². The number of hydrogen-bond acceptors (Lipinski definition) is 4. The van der Waals surface area contributed by atoms with Crippen LogP contribution in [0.25, 0.3) is 23.0 Å². The largest absolute Gasteiger partial charge is 0.306 e. The van der Waals surface area contributed by atoms with E-state index < -0.39 is 0 Å². The van der Waals surface area contributed by atoms with Crippen LogP contribution in [0.4, 0.5) is 0 Å². The maximum absolute atomic E-state index is 5.98. The summed E-state index contributed by atoms with van der Waals surface area (Å²) in [6, 6.07) is 5.39. The molecule has 0 radical (unpaired) electrons. The summed E-state index contributed by atoms with van der Waals surface area (Å²) >= 11 is 11.2. The molecule has 0 aliphatic rings. The Balaban J connectivity index is 1.95. The molecule has 104 valence electrons. The molecule has 4 rings (SSSR count). The van der Waals surface area contributed by atoms with Crippen LogP contribution < -0.4 is 0 Å². The SMILES string of the molecule is S=c1[nH]nc(-c2cn3ccc(Cl)cc3n2)n1-c1ccn[nH]1. The Morgan fingerprint density at radius 1 is 1.24 bits per heavy atom. The van der Waals surface area contributed by atoms with Gasteiger partial charge in [0.15, 0.2) is 5.82 Å². The molecule has 9 heteroatoms. The van der Waals surface area contributed by atoms with Crippen molar-refractivity contribution in [3.63, 3.8) is 0 Å². The van der Waals surface area contributed by atoms with Crippen molar-refractivity contribution >= 4 is 29.5 Å². The molecule has 2 N–H and O–H groups in total. The highest BCUT2D eigenvalue weighted by Gasteiger charge is 2.14. The van der Waals surface area contributed by atoms with Crippen LogP contribution in [-0.2, 0) is 0 Å². The fourth-order valence-corrected chi connectivity index (χ4v) is 2.51. The summed E-state index contributed by atoms with van der Waals surface area (Å²) in [5, 5.41) is 14.4. The van der Waals surface area contributed by atoms with Crippen molar-refractivity contribution in [3.8, 4) is 17.3 Å². The highest BCUT2D eigenvalue weighted by atomic mass is 35.5. The smallest absolute Gasteiger partial charge is 0.201 e. The zero-order valence-electron chi connectivity index (χ0n) is 10.5. The molecular formula is C12H8ClN7S. The van der Waals surface area contributed by atoms with Gasteiger partial charge in [0.25, 0.3) is 0 Å². The number of nitrogens with zero attached hydrogens (tertiary/aromatic N) is 5. The Morgan fingerprint density at radius 2 is 2.14 bits per heavy atom. The van der Waals surface area contributed by atoms with Gasteiger partial charge >= 0.3 is 0 Å². The number of H-pyrrole nitrogens is 2. The number of nitrogens with one attached hydrogen (secondary N) is 2. The van der Waals surface area contributed by atoms with Gasteiger partial charge in [-0.25, -0.2) is 4.98 Å². The van der Waals surface area contributed by atoms with Crippen molar-refractivity contribution in [1.29, 1.82) is 0 Å². The Kier molecular flexibility index (Phi) is 2.66. The molecule has 0 saturated heterocycles. The third-order valence-electron chi connectivity index (χ3n) is 3.05. The van der Waals surface area contributed by atoms with E-state index in [0.717, 1.165) is 11.5 Å². The van der Waals surface area contributed by atoms with Gasteiger partial charge in [-0.3, -0.25) is 14.8 Å². The molecule has 0 atom stereocenters. The number of pyridine rings is 1. The average Bonchev–Trinajstić information content (AvgIpc) is 3.15. The molecule has 4 heterocycles. The minimum Gasteiger partial charge on any atom is -0.306 e. The first kappa shape index (κ1) is 12.3. The molecular weight excluding hydrogens is 310 g/mol. The van der Waals surface area contributed by atoms with Crippen LogP contribution in [0.1, 0.15) is 0 Å². The second-order valence-corrected chi connectivity index (χ2v) is 5.19. The van der Waals surface area contributed by atoms with Crippen molar-refractivity contribution in [3.05, 3.63) is 46.6 Å². The number of aromatic amines is 2. The lowest BCUT2D eigenvalue weighted by Crippen LogP contribution is -1.98. The third-order valence-corrected chi connectivity index (χ3v) is 3.56. The van der Waals surface area contributed by atoms with Gasteiger partial charge in [-0.2, -0.15) is 10.2 Å². The molecule has 0 bridgehead atoms. The molecule has 0 aliphatic carbocycles. The van der Waals surface area contributed by atoms with Crippen molar-refractivity contribution in [2.45, 2.75) is 0 Å². The molecule has 4 aromatic rings.